The van der Waals surface area contributed by atoms with E-state index in [1.165, 1.54) is 11.1 Å². The van der Waals surface area contributed by atoms with Gasteiger partial charge in [0.1, 0.15) is 0 Å². The van der Waals surface area contributed by atoms with E-state index in [-0.39, 0.29) is 5.91 Å². The number of allylic oxidation sites excluding steroid dienone is 7. The molecule has 0 fully saturated rings. The Morgan fingerprint density at radius 3 is 2.61 bits per heavy atom. The highest BCUT2D eigenvalue weighted by atomic mass is 16.1. The Hall–Kier alpha value is -2.94. The fraction of sp³-hybridized carbons (Fsp3) is 0.280. The van der Waals surface area contributed by atoms with Gasteiger partial charge in [0.15, 0.2) is 0 Å². The van der Waals surface area contributed by atoms with E-state index in [0.717, 1.165) is 42.7 Å². The summed E-state index contributed by atoms with van der Waals surface area (Å²) in [5.74, 6) is 0.352. The Kier molecular flexibility index (Phi) is 7.94. The summed E-state index contributed by atoms with van der Waals surface area (Å²) in [6.07, 6.45) is 12.1. The van der Waals surface area contributed by atoms with Crippen molar-refractivity contribution < 1.29 is 4.79 Å². The van der Waals surface area contributed by atoms with E-state index in [9.17, 15) is 4.79 Å². The highest BCUT2D eigenvalue weighted by molar-refractivity contribution is 5.99. The number of carbonyl (C=O) groups is 1. The van der Waals surface area contributed by atoms with Crippen molar-refractivity contribution in [3.05, 3.63) is 90.6 Å². The van der Waals surface area contributed by atoms with Gasteiger partial charge in [-0.3, -0.25) is 9.79 Å². The van der Waals surface area contributed by atoms with E-state index >= 15 is 0 Å². The van der Waals surface area contributed by atoms with E-state index in [1.54, 1.807) is 19.2 Å². The predicted octanol–water partition coefficient (Wildman–Crippen LogP) is 6.11. The number of benzene rings is 1. The van der Waals surface area contributed by atoms with Crippen molar-refractivity contribution >= 4 is 17.3 Å². The third-order valence-corrected chi connectivity index (χ3v) is 4.76. The van der Waals surface area contributed by atoms with Crippen molar-refractivity contribution in [2.24, 2.45) is 10.9 Å². The molecule has 2 rings (SSSR count). The molecule has 0 aliphatic heterocycles. The number of rotatable bonds is 8. The minimum absolute atomic E-state index is 0.0909. The molecule has 1 aliphatic rings. The minimum atomic E-state index is -0.0909. The average Bonchev–Trinajstić information content (AvgIpc) is 2.68. The molecular weight excluding hydrogens is 344 g/mol. The first-order chi connectivity index (χ1) is 13.4. The summed E-state index contributed by atoms with van der Waals surface area (Å²) in [6.45, 7) is 14.1. The van der Waals surface area contributed by atoms with Gasteiger partial charge in [0.25, 0.3) is 5.91 Å². The summed E-state index contributed by atoms with van der Waals surface area (Å²) in [5.41, 5.74) is 6.04. The number of aliphatic imine (C=N–C) groups is 1. The van der Waals surface area contributed by atoms with Gasteiger partial charge >= 0.3 is 0 Å². The maximum Gasteiger partial charge on any atom is 0.251 e. The average molecular weight is 375 g/mol. The van der Waals surface area contributed by atoms with Gasteiger partial charge in [-0.1, -0.05) is 49.1 Å². The van der Waals surface area contributed by atoms with Gasteiger partial charge < -0.3 is 5.32 Å². The van der Waals surface area contributed by atoms with Gasteiger partial charge in [0.2, 0.25) is 0 Å². The fourth-order valence-corrected chi connectivity index (χ4v) is 3.26. The molecule has 0 saturated carbocycles. The first-order valence-electron chi connectivity index (χ1n) is 9.65. The first-order valence-corrected chi connectivity index (χ1v) is 9.65. The van der Waals surface area contributed by atoms with Crippen LogP contribution in [0.15, 0.2) is 90.0 Å². The number of hydrogen-bond acceptors (Lipinski definition) is 2. The lowest BCUT2D eigenvalue weighted by Crippen LogP contribution is -2.17. The second-order valence-electron chi connectivity index (χ2n) is 7.22. The highest BCUT2D eigenvalue weighted by Crippen LogP contribution is 2.31. The van der Waals surface area contributed by atoms with Crippen molar-refractivity contribution in [1.82, 2.24) is 5.32 Å². The van der Waals surface area contributed by atoms with Crippen molar-refractivity contribution in [2.45, 2.75) is 32.6 Å². The molecule has 0 heterocycles. The molecule has 0 bridgehead atoms. The third-order valence-electron chi connectivity index (χ3n) is 4.76. The summed E-state index contributed by atoms with van der Waals surface area (Å²) in [4.78, 5) is 16.4. The molecule has 1 aliphatic carbocycles. The smallest absolute Gasteiger partial charge is 0.251 e. The van der Waals surface area contributed by atoms with Crippen LogP contribution in [0, 0.1) is 5.92 Å². The van der Waals surface area contributed by atoms with Crippen LogP contribution in [0.25, 0.3) is 0 Å². The Balaban J connectivity index is 2.06. The number of amides is 1. The second-order valence-corrected chi connectivity index (χ2v) is 7.22. The quantitative estimate of drug-likeness (QED) is 0.433. The van der Waals surface area contributed by atoms with Gasteiger partial charge in [-0.2, -0.15) is 0 Å². The Bertz CT molecular complexity index is 838. The van der Waals surface area contributed by atoms with Crippen LogP contribution < -0.4 is 5.32 Å². The molecule has 28 heavy (non-hydrogen) atoms. The summed E-state index contributed by atoms with van der Waals surface area (Å²) < 4.78 is 0. The largest absolute Gasteiger partial charge is 0.355 e. The molecule has 0 spiro atoms. The van der Waals surface area contributed by atoms with E-state index in [1.807, 2.05) is 31.2 Å². The maximum atomic E-state index is 11.6. The number of carbonyl (C=O) groups excluding carboxylic acids is 1. The SMILES string of the molecule is C=CC1=CC(=Nc2ccc(C(=O)NC)cc2)CCC1CC(=C)CC=CC(=C)C. The van der Waals surface area contributed by atoms with E-state index in [0.29, 0.717) is 11.5 Å². The van der Waals surface area contributed by atoms with E-state index in [2.05, 4.69) is 37.2 Å². The van der Waals surface area contributed by atoms with Crippen LogP contribution in [0.4, 0.5) is 5.69 Å². The lowest BCUT2D eigenvalue weighted by Gasteiger charge is -2.24. The first kappa shape index (κ1) is 21.4. The highest BCUT2D eigenvalue weighted by Gasteiger charge is 2.19. The van der Waals surface area contributed by atoms with Crippen LogP contribution in [0.1, 0.15) is 43.0 Å². The molecule has 1 aromatic carbocycles. The Morgan fingerprint density at radius 2 is 2.00 bits per heavy atom. The molecule has 1 atom stereocenters. The minimum Gasteiger partial charge on any atom is -0.355 e. The standard InChI is InChI=1S/C25H30N2O/c1-6-20-17-24(27-23-13-10-21(11-14-23)25(28)26-5)15-12-22(20)16-19(4)9-7-8-18(2)3/h6-8,10-11,13-14,17,22H,1-2,4,9,12,15-16H2,3,5H3,(H,26,28). The molecule has 1 unspecified atom stereocenters. The molecule has 3 nitrogen and oxygen atoms in total. The molecule has 3 heteroatoms. The zero-order chi connectivity index (χ0) is 20.5. The van der Waals surface area contributed by atoms with Crippen molar-refractivity contribution in [3.8, 4) is 0 Å². The van der Waals surface area contributed by atoms with Crippen LogP contribution in [0.3, 0.4) is 0 Å². The number of hydrogen-bond donors (Lipinski definition) is 1. The van der Waals surface area contributed by atoms with E-state index in [4.69, 9.17) is 4.99 Å². The molecule has 0 radical (unpaired) electrons. The van der Waals surface area contributed by atoms with Crippen LogP contribution in [0.5, 0.6) is 0 Å². The van der Waals surface area contributed by atoms with Crippen molar-refractivity contribution in [2.75, 3.05) is 7.05 Å². The zero-order valence-corrected chi connectivity index (χ0v) is 17.0. The zero-order valence-electron chi connectivity index (χ0n) is 17.0. The molecular formula is C25H30N2O. The maximum absolute atomic E-state index is 11.6. The third kappa shape index (κ3) is 6.34. The van der Waals surface area contributed by atoms with Crippen LogP contribution in [-0.2, 0) is 0 Å². The normalized spacial score (nSPS) is 18.0. The predicted molar refractivity (Wildman–Crippen MR) is 120 cm³/mol. The van der Waals surface area contributed by atoms with E-state index < -0.39 is 0 Å². The van der Waals surface area contributed by atoms with Gasteiger partial charge in [-0.15, -0.1) is 0 Å². The lowest BCUT2D eigenvalue weighted by atomic mass is 9.82. The lowest BCUT2D eigenvalue weighted by molar-refractivity contribution is 0.0963. The van der Waals surface area contributed by atoms with Gasteiger partial charge in [-0.25, -0.2) is 0 Å². The van der Waals surface area contributed by atoms with Gasteiger partial charge in [-0.05, 0) is 74.4 Å². The number of nitrogens with zero attached hydrogens (tertiary/aromatic N) is 1. The molecule has 146 valence electrons. The Morgan fingerprint density at radius 1 is 1.29 bits per heavy atom. The molecule has 1 aromatic rings. The van der Waals surface area contributed by atoms with Gasteiger partial charge in [0, 0.05) is 18.3 Å². The molecule has 1 N–H and O–H groups in total. The van der Waals surface area contributed by atoms with Crippen molar-refractivity contribution in [1.29, 1.82) is 0 Å². The fourth-order valence-electron chi connectivity index (χ4n) is 3.26. The summed E-state index contributed by atoms with van der Waals surface area (Å²) in [6, 6.07) is 7.34. The summed E-state index contributed by atoms with van der Waals surface area (Å²) in [7, 11) is 1.63. The Labute approximate surface area is 169 Å². The van der Waals surface area contributed by atoms with Crippen LogP contribution >= 0.6 is 0 Å². The second kappa shape index (κ2) is 10.4. The monoisotopic (exact) mass is 374 g/mol. The van der Waals surface area contributed by atoms with Gasteiger partial charge in [0.05, 0.1) is 5.69 Å². The van der Waals surface area contributed by atoms with Crippen molar-refractivity contribution in [3.63, 3.8) is 0 Å². The van der Waals surface area contributed by atoms with Crippen LogP contribution in [0.2, 0.25) is 0 Å². The summed E-state index contributed by atoms with van der Waals surface area (Å²) >= 11 is 0. The topological polar surface area (TPSA) is 41.5 Å². The summed E-state index contributed by atoms with van der Waals surface area (Å²) in [5, 5.41) is 2.62. The molecule has 1 amide bonds. The molecule has 0 saturated heterocycles. The number of nitrogens with one attached hydrogen (secondary N) is 1. The van der Waals surface area contributed by atoms with Crippen LogP contribution in [-0.4, -0.2) is 18.7 Å². The molecule has 0 aromatic heterocycles.